The quantitative estimate of drug-likeness (QED) is 0.695. The van der Waals surface area contributed by atoms with Crippen molar-refractivity contribution in [1.82, 2.24) is 10.2 Å². The van der Waals surface area contributed by atoms with Crippen molar-refractivity contribution >= 4 is 17.3 Å². The molecule has 0 unspecified atom stereocenters. The van der Waals surface area contributed by atoms with E-state index in [9.17, 15) is 4.79 Å². The van der Waals surface area contributed by atoms with Crippen LogP contribution in [0.25, 0.3) is 11.5 Å². The number of esters is 1. The number of hydrogen-bond acceptors (Lipinski definition) is 6. The lowest BCUT2D eigenvalue weighted by Crippen LogP contribution is -2.35. The average molecular weight is 362 g/mol. The molecular weight excluding hydrogens is 336 g/mol. The number of rotatable bonds is 6. The Morgan fingerprint density at radius 2 is 2.24 bits per heavy atom. The molecule has 136 valence electrons. The maximum Gasteiger partial charge on any atom is 0.306 e. The molecule has 3 atom stereocenters. The number of aryl methyl sites for hydroxylation is 1. The Balaban J connectivity index is 1.52. The van der Waals surface area contributed by atoms with Crippen LogP contribution in [0.15, 0.2) is 21.2 Å². The predicted octanol–water partition coefficient (Wildman–Crippen LogP) is 4.73. The molecule has 0 radical (unpaired) electrons. The van der Waals surface area contributed by atoms with E-state index < -0.39 is 0 Å². The van der Waals surface area contributed by atoms with Gasteiger partial charge in [0.1, 0.15) is 6.10 Å². The molecule has 2 heterocycles. The molecule has 1 fully saturated rings. The van der Waals surface area contributed by atoms with Gasteiger partial charge in [0.05, 0.1) is 6.42 Å². The highest BCUT2D eigenvalue weighted by Gasteiger charge is 2.33. The Labute approximate surface area is 152 Å². The van der Waals surface area contributed by atoms with Crippen LogP contribution >= 0.6 is 11.3 Å². The Morgan fingerprint density at radius 1 is 1.40 bits per heavy atom. The van der Waals surface area contributed by atoms with Gasteiger partial charge in [-0.05, 0) is 42.0 Å². The van der Waals surface area contributed by atoms with Crippen LogP contribution in [0.1, 0.15) is 52.3 Å². The van der Waals surface area contributed by atoms with Gasteiger partial charge in [-0.25, -0.2) is 0 Å². The Morgan fingerprint density at radius 3 is 2.96 bits per heavy atom. The van der Waals surface area contributed by atoms with Gasteiger partial charge in [-0.2, -0.15) is 11.3 Å². The number of carbonyl (C=O) groups is 1. The molecule has 0 aromatic carbocycles. The van der Waals surface area contributed by atoms with Crippen LogP contribution in [0, 0.1) is 17.8 Å². The van der Waals surface area contributed by atoms with E-state index in [2.05, 4.69) is 31.0 Å². The first kappa shape index (κ1) is 18.1. The maximum atomic E-state index is 12.3. The van der Waals surface area contributed by atoms with Gasteiger partial charge in [-0.1, -0.05) is 27.2 Å². The van der Waals surface area contributed by atoms with E-state index in [1.807, 2.05) is 16.8 Å². The minimum atomic E-state index is -0.167. The minimum absolute atomic E-state index is 0.0419. The highest BCUT2D eigenvalue weighted by molar-refractivity contribution is 7.08. The minimum Gasteiger partial charge on any atom is -0.462 e. The van der Waals surface area contributed by atoms with Gasteiger partial charge in [0.25, 0.3) is 0 Å². The van der Waals surface area contributed by atoms with Gasteiger partial charge < -0.3 is 9.15 Å². The van der Waals surface area contributed by atoms with Crippen molar-refractivity contribution in [3.63, 3.8) is 0 Å². The third kappa shape index (κ3) is 4.69. The van der Waals surface area contributed by atoms with E-state index in [4.69, 9.17) is 9.15 Å². The topological polar surface area (TPSA) is 65.2 Å². The summed E-state index contributed by atoms with van der Waals surface area (Å²) in [6.07, 6.45) is 4.08. The van der Waals surface area contributed by atoms with Gasteiger partial charge in [0, 0.05) is 17.4 Å². The molecule has 0 N–H and O–H groups in total. The van der Waals surface area contributed by atoms with Crippen molar-refractivity contribution in [2.75, 3.05) is 0 Å². The first-order valence-electron chi connectivity index (χ1n) is 9.07. The molecule has 0 bridgehead atoms. The van der Waals surface area contributed by atoms with Crippen LogP contribution < -0.4 is 0 Å². The summed E-state index contributed by atoms with van der Waals surface area (Å²) < 4.78 is 11.4. The second-order valence-corrected chi connectivity index (χ2v) is 8.15. The molecule has 3 rings (SSSR count). The predicted molar refractivity (Wildman–Crippen MR) is 97.2 cm³/mol. The van der Waals surface area contributed by atoms with E-state index in [0.29, 0.717) is 36.0 Å². The largest absolute Gasteiger partial charge is 0.462 e. The highest BCUT2D eigenvalue weighted by Crippen LogP contribution is 2.35. The SMILES string of the molecule is CC(C)[C@H]1CC[C@@H](C)C[C@H]1OC(=O)CCc1nnc(-c2ccsc2)o1. The van der Waals surface area contributed by atoms with Gasteiger partial charge in [-0.15, -0.1) is 10.2 Å². The summed E-state index contributed by atoms with van der Waals surface area (Å²) in [5.41, 5.74) is 0.919. The van der Waals surface area contributed by atoms with E-state index in [1.54, 1.807) is 11.3 Å². The van der Waals surface area contributed by atoms with Crippen molar-refractivity contribution in [2.24, 2.45) is 17.8 Å². The van der Waals surface area contributed by atoms with Gasteiger partial charge in [0.2, 0.25) is 11.8 Å². The van der Waals surface area contributed by atoms with Crippen LogP contribution in [0.4, 0.5) is 0 Å². The fraction of sp³-hybridized carbons (Fsp3) is 0.632. The first-order valence-corrected chi connectivity index (χ1v) is 10.0. The number of ether oxygens (including phenoxy) is 1. The summed E-state index contributed by atoms with van der Waals surface area (Å²) in [5.74, 6) is 2.45. The second-order valence-electron chi connectivity index (χ2n) is 7.37. The Kier molecular flexibility index (Phi) is 5.89. The lowest BCUT2D eigenvalue weighted by Gasteiger charge is -2.36. The van der Waals surface area contributed by atoms with Crippen LogP contribution in [0.2, 0.25) is 0 Å². The highest BCUT2D eigenvalue weighted by atomic mass is 32.1. The molecule has 25 heavy (non-hydrogen) atoms. The zero-order chi connectivity index (χ0) is 17.8. The fourth-order valence-corrected chi connectivity index (χ4v) is 4.17. The van der Waals surface area contributed by atoms with Crippen molar-refractivity contribution < 1.29 is 13.9 Å². The number of hydrogen-bond donors (Lipinski definition) is 0. The summed E-state index contributed by atoms with van der Waals surface area (Å²) in [6.45, 7) is 6.67. The average Bonchev–Trinajstić information content (AvgIpc) is 3.24. The van der Waals surface area contributed by atoms with Crippen molar-refractivity contribution in [3.8, 4) is 11.5 Å². The standard InChI is InChI=1S/C19H26N2O3S/c1-12(2)15-5-4-13(3)10-16(15)23-18(22)7-6-17-20-21-19(24-17)14-8-9-25-11-14/h8-9,11-13,15-16H,4-7,10H2,1-3H3/t13-,15-,16-/m1/s1. The number of nitrogens with zero attached hydrogens (tertiary/aromatic N) is 2. The number of aromatic nitrogens is 2. The molecule has 0 amide bonds. The monoisotopic (exact) mass is 362 g/mol. The number of carbonyl (C=O) groups excluding carboxylic acids is 1. The summed E-state index contributed by atoms with van der Waals surface area (Å²) in [7, 11) is 0. The lowest BCUT2D eigenvalue weighted by atomic mass is 9.75. The fourth-order valence-electron chi connectivity index (χ4n) is 3.54. The van der Waals surface area contributed by atoms with E-state index in [-0.39, 0.29) is 18.5 Å². The zero-order valence-electron chi connectivity index (χ0n) is 15.1. The zero-order valence-corrected chi connectivity index (χ0v) is 15.9. The normalized spacial score (nSPS) is 23.8. The summed E-state index contributed by atoms with van der Waals surface area (Å²) >= 11 is 1.58. The Hall–Kier alpha value is -1.69. The molecule has 2 aromatic heterocycles. The molecule has 1 aliphatic rings. The van der Waals surface area contributed by atoms with Crippen LogP contribution in [0.5, 0.6) is 0 Å². The molecule has 6 heteroatoms. The molecule has 0 saturated heterocycles. The third-order valence-corrected chi connectivity index (χ3v) is 5.71. The molecule has 0 aliphatic heterocycles. The maximum absolute atomic E-state index is 12.3. The molecule has 5 nitrogen and oxygen atoms in total. The third-order valence-electron chi connectivity index (χ3n) is 5.02. The molecule has 1 aliphatic carbocycles. The van der Waals surface area contributed by atoms with E-state index >= 15 is 0 Å². The summed E-state index contributed by atoms with van der Waals surface area (Å²) in [5, 5.41) is 12.0. The van der Waals surface area contributed by atoms with Crippen LogP contribution in [-0.2, 0) is 16.0 Å². The smallest absolute Gasteiger partial charge is 0.306 e. The molecular formula is C19H26N2O3S. The van der Waals surface area contributed by atoms with Gasteiger partial charge in [-0.3, -0.25) is 4.79 Å². The van der Waals surface area contributed by atoms with Crippen molar-refractivity contribution in [3.05, 3.63) is 22.7 Å². The van der Waals surface area contributed by atoms with E-state index in [0.717, 1.165) is 18.4 Å². The molecule has 0 spiro atoms. The van der Waals surface area contributed by atoms with Crippen molar-refractivity contribution in [1.29, 1.82) is 0 Å². The number of thiophene rings is 1. The second kappa shape index (κ2) is 8.13. The van der Waals surface area contributed by atoms with E-state index in [1.165, 1.54) is 6.42 Å². The molecule has 2 aromatic rings. The van der Waals surface area contributed by atoms with Crippen LogP contribution in [-0.4, -0.2) is 22.3 Å². The summed E-state index contributed by atoms with van der Waals surface area (Å²) in [6, 6.07) is 1.94. The van der Waals surface area contributed by atoms with Crippen LogP contribution in [0.3, 0.4) is 0 Å². The molecule has 1 saturated carbocycles. The van der Waals surface area contributed by atoms with Gasteiger partial charge >= 0.3 is 5.97 Å². The van der Waals surface area contributed by atoms with Gasteiger partial charge in [0.15, 0.2) is 0 Å². The first-order chi connectivity index (χ1) is 12.0. The lowest BCUT2D eigenvalue weighted by molar-refractivity contribution is -0.156. The summed E-state index contributed by atoms with van der Waals surface area (Å²) in [4.78, 5) is 12.3. The van der Waals surface area contributed by atoms with Crippen molar-refractivity contribution in [2.45, 2.75) is 59.0 Å². The Bertz CT molecular complexity index is 681.